The Balaban J connectivity index is 1.28. The number of aryl methyl sites for hydroxylation is 1. The van der Waals surface area contributed by atoms with E-state index in [-0.39, 0.29) is 17.4 Å². The Morgan fingerprint density at radius 2 is 2.05 bits per heavy atom. The van der Waals surface area contributed by atoms with E-state index >= 15 is 0 Å². The summed E-state index contributed by atoms with van der Waals surface area (Å²) in [5, 5.41) is 23.2. The molecule has 5 heterocycles. The number of benzene rings is 1. The SMILES string of the molecule is Cc1[nH]ncc1Nc1nccc(-c2ccc3c(c2)CN(C2COC2)CC[C@@H]3NC(=O)c2nnc(C(C)(C)C)s2)n1. The lowest BCUT2D eigenvalue weighted by Gasteiger charge is -2.36. The Morgan fingerprint density at radius 3 is 2.75 bits per heavy atom. The molecule has 0 spiro atoms. The molecule has 12 heteroatoms. The highest BCUT2D eigenvalue weighted by Crippen LogP contribution is 2.33. The number of amides is 1. The lowest BCUT2D eigenvalue weighted by atomic mass is 9.96. The maximum absolute atomic E-state index is 13.3. The Kier molecular flexibility index (Phi) is 7.07. The molecule has 4 aromatic rings. The first-order chi connectivity index (χ1) is 19.2. The molecule has 1 aromatic carbocycles. The summed E-state index contributed by atoms with van der Waals surface area (Å²) in [6.07, 6.45) is 4.26. The molecule has 3 N–H and O–H groups in total. The predicted molar refractivity (Wildman–Crippen MR) is 153 cm³/mol. The minimum atomic E-state index is -0.186. The Bertz CT molecular complexity index is 1520. The van der Waals surface area contributed by atoms with Crippen molar-refractivity contribution in [3.8, 4) is 11.3 Å². The van der Waals surface area contributed by atoms with Crippen LogP contribution in [0.2, 0.25) is 0 Å². The van der Waals surface area contributed by atoms with Gasteiger partial charge in [0.2, 0.25) is 11.0 Å². The van der Waals surface area contributed by atoms with Crippen molar-refractivity contribution < 1.29 is 9.53 Å². The fourth-order valence-corrected chi connectivity index (χ4v) is 5.71. The maximum atomic E-state index is 13.3. The normalized spacial score (nSPS) is 18.1. The van der Waals surface area contributed by atoms with Crippen LogP contribution in [-0.4, -0.2) is 67.0 Å². The van der Waals surface area contributed by atoms with E-state index in [4.69, 9.17) is 9.72 Å². The van der Waals surface area contributed by atoms with Crippen LogP contribution in [0.15, 0.2) is 36.7 Å². The Hall–Kier alpha value is -3.74. The van der Waals surface area contributed by atoms with Crippen LogP contribution in [0.3, 0.4) is 0 Å². The average Bonchev–Trinajstić information content (AvgIpc) is 3.51. The number of aromatic amines is 1. The molecule has 1 atom stereocenters. The largest absolute Gasteiger partial charge is 0.378 e. The lowest BCUT2D eigenvalue weighted by molar-refractivity contribution is -0.0678. The van der Waals surface area contributed by atoms with Gasteiger partial charge in [-0.1, -0.05) is 44.2 Å². The monoisotopic (exact) mass is 559 g/mol. The molecule has 40 heavy (non-hydrogen) atoms. The number of nitrogens with zero attached hydrogens (tertiary/aromatic N) is 6. The number of hydrogen-bond donors (Lipinski definition) is 3. The number of carbonyl (C=O) groups is 1. The first-order valence-electron chi connectivity index (χ1n) is 13.4. The molecule has 1 fully saturated rings. The Labute approximate surface area is 236 Å². The van der Waals surface area contributed by atoms with E-state index in [1.165, 1.54) is 16.9 Å². The second-order valence-corrected chi connectivity index (χ2v) is 12.3. The molecule has 2 aliphatic rings. The fraction of sp³-hybridized carbons (Fsp3) is 0.429. The molecule has 0 aliphatic carbocycles. The summed E-state index contributed by atoms with van der Waals surface area (Å²) in [5.41, 5.74) is 5.68. The molecule has 0 bridgehead atoms. The molecule has 0 radical (unpaired) electrons. The van der Waals surface area contributed by atoms with Crippen LogP contribution in [0.4, 0.5) is 11.6 Å². The summed E-state index contributed by atoms with van der Waals surface area (Å²) < 4.78 is 5.50. The third-order valence-electron chi connectivity index (χ3n) is 7.33. The number of aromatic nitrogens is 6. The summed E-state index contributed by atoms with van der Waals surface area (Å²) >= 11 is 1.36. The summed E-state index contributed by atoms with van der Waals surface area (Å²) in [4.78, 5) is 24.9. The van der Waals surface area contributed by atoms with E-state index in [2.05, 4.69) is 79.9 Å². The quantitative estimate of drug-likeness (QED) is 0.319. The van der Waals surface area contributed by atoms with E-state index in [9.17, 15) is 4.79 Å². The maximum Gasteiger partial charge on any atom is 0.282 e. The first kappa shape index (κ1) is 26.5. The number of hydrogen-bond acceptors (Lipinski definition) is 10. The molecule has 0 saturated carbocycles. The van der Waals surface area contributed by atoms with Crippen molar-refractivity contribution in [2.45, 2.75) is 58.2 Å². The first-order valence-corrected chi connectivity index (χ1v) is 14.3. The lowest BCUT2D eigenvalue weighted by Crippen LogP contribution is -2.48. The van der Waals surface area contributed by atoms with Crippen LogP contribution in [0.5, 0.6) is 0 Å². The van der Waals surface area contributed by atoms with Gasteiger partial charge in [-0.25, -0.2) is 9.97 Å². The minimum absolute atomic E-state index is 0.142. The van der Waals surface area contributed by atoms with Crippen molar-refractivity contribution in [1.29, 1.82) is 0 Å². The van der Waals surface area contributed by atoms with Crippen LogP contribution in [0, 0.1) is 6.92 Å². The van der Waals surface area contributed by atoms with E-state index in [1.807, 2.05) is 13.0 Å². The van der Waals surface area contributed by atoms with Gasteiger partial charge in [0.25, 0.3) is 5.91 Å². The average molecular weight is 560 g/mol. The zero-order valence-electron chi connectivity index (χ0n) is 23.1. The van der Waals surface area contributed by atoms with Gasteiger partial charge in [0.15, 0.2) is 0 Å². The van der Waals surface area contributed by atoms with Crippen LogP contribution >= 0.6 is 11.3 Å². The number of fused-ring (bicyclic) bond motifs is 1. The van der Waals surface area contributed by atoms with Crippen molar-refractivity contribution in [1.82, 2.24) is 40.6 Å². The highest BCUT2D eigenvalue weighted by Gasteiger charge is 2.32. The second-order valence-electron chi connectivity index (χ2n) is 11.4. The van der Waals surface area contributed by atoms with E-state index in [1.54, 1.807) is 12.4 Å². The molecular formula is C28H33N9O2S. The third kappa shape index (κ3) is 5.47. The molecule has 208 valence electrons. The van der Waals surface area contributed by atoms with Crippen molar-refractivity contribution in [3.05, 3.63) is 63.5 Å². The zero-order valence-corrected chi connectivity index (χ0v) is 23.9. The van der Waals surface area contributed by atoms with Gasteiger partial charge in [0, 0.05) is 30.3 Å². The summed E-state index contributed by atoms with van der Waals surface area (Å²) in [7, 11) is 0. The second kappa shape index (κ2) is 10.7. The summed E-state index contributed by atoms with van der Waals surface area (Å²) in [5.74, 6) is 0.316. The number of nitrogens with one attached hydrogen (secondary N) is 3. The highest BCUT2D eigenvalue weighted by molar-refractivity contribution is 7.13. The molecule has 6 rings (SSSR count). The van der Waals surface area contributed by atoms with Crippen LogP contribution in [0.25, 0.3) is 11.3 Å². The number of carbonyl (C=O) groups excluding carboxylic acids is 1. The molecule has 11 nitrogen and oxygen atoms in total. The van der Waals surface area contributed by atoms with Crippen LogP contribution < -0.4 is 10.6 Å². The molecule has 2 aliphatic heterocycles. The van der Waals surface area contributed by atoms with Crippen LogP contribution in [0.1, 0.15) is 64.9 Å². The predicted octanol–water partition coefficient (Wildman–Crippen LogP) is 4.14. The molecule has 3 aromatic heterocycles. The highest BCUT2D eigenvalue weighted by atomic mass is 32.1. The summed E-state index contributed by atoms with van der Waals surface area (Å²) in [6, 6.07) is 8.52. The molecule has 0 unspecified atom stereocenters. The van der Waals surface area contributed by atoms with Crippen molar-refractivity contribution >= 4 is 28.9 Å². The van der Waals surface area contributed by atoms with Gasteiger partial charge in [-0.2, -0.15) is 5.10 Å². The minimum Gasteiger partial charge on any atom is -0.378 e. The fourth-order valence-electron chi connectivity index (χ4n) is 4.90. The topological polar surface area (TPSA) is 134 Å². The molecule has 1 amide bonds. The number of H-pyrrole nitrogens is 1. The standard InChI is InChI=1S/C28H33N9O2S/c1-16-23(12-30-34-16)33-27-29-9-7-21(32-27)17-5-6-20-18(11-17)13-37(19-14-39-15-19)10-8-22(20)31-24(38)25-35-36-26(40-25)28(2,3)4/h5-7,9,11-12,19,22H,8,10,13-15H2,1-4H3,(H,30,34)(H,31,38)(H,29,32,33)/t22-/m0/s1. The van der Waals surface area contributed by atoms with Crippen molar-refractivity contribution in [2.24, 2.45) is 0 Å². The van der Waals surface area contributed by atoms with Gasteiger partial charge in [-0.15, -0.1) is 10.2 Å². The van der Waals surface area contributed by atoms with E-state index in [0.717, 1.165) is 65.9 Å². The van der Waals surface area contributed by atoms with Gasteiger partial charge in [-0.05, 0) is 36.6 Å². The molecular weight excluding hydrogens is 526 g/mol. The third-order valence-corrected chi connectivity index (χ3v) is 8.68. The van der Waals surface area contributed by atoms with Gasteiger partial charge >= 0.3 is 0 Å². The molecule has 1 saturated heterocycles. The zero-order chi connectivity index (χ0) is 27.9. The number of anilines is 2. The van der Waals surface area contributed by atoms with Crippen molar-refractivity contribution in [3.63, 3.8) is 0 Å². The van der Waals surface area contributed by atoms with Crippen molar-refractivity contribution in [2.75, 3.05) is 25.1 Å². The smallest absolute Gasteiger partial charge is 0.282 e. The number of rotatable bonds is 6. The van der Waals surface area contributed by atoms with Gasteiger partial charge in [-0.3, -0.25) is 14.8 Å². The summed E-state index contributed by atoms with van der Waals surface area (Å²) in [6.45, 7) is 11.3. The van der Waals surface area contributed by atoms with Gasteiger partial charge in [0.05, 0.1) is 48.6 Å². The van der Waals surface area contributed by atoms with E-state index in [0.29, 0.717) is 17.0 Å². The van der Waals surface area contributed by atoms with Gasteiger partial charge < -0.3 is 15.4 Å². The van der Waals surface area contributed by atoms with Gasteiger partial charge in [0.1, 0.15) is 5.01 Å². The Morgan fingerprint density at radius 1 is 1.20 bits per heavy atom. The number of ether oxygens (including phenoxy) is 1. The van der Waals surface area contributed by atoms with E-state index < -0.39 is 0 Å². The van der Waals surface area contributed by atoms with Crippen LogP contribution in [-0.2, 0) is 16.7 Å².